The van der Waals surface area contributed by atoms with E-state index in [1.54, 1.807) is 11.1 Å². The predicted molar refractivity (Wildman–Crippen MR) is 149 cm³/mol. The van der Waals surface area contributed by atoms with Crippen molar-refractivity contribution in [2.45, 2.75) is 94.9 Å². The summed E-state index contributed by atoms with van der Waals surface area (Å²) in [5, 5.41) is 14.9. The Bertz CT molecular complexity index is 1190. The van der Waals surface area contributed by atoms with Crippen LogP contribution in [-0.4, -0.2) is 49.5 Å². The molecule has 0 bridgehead atoms. The van der Waals surface area contributed by atoms with Gasteiger partial charge >= 0.3 is 6.18 Å². The maximum absolute atomic E-state index is 11.2. The lowest BCUT2D eigenvalue weighted by atomic mass is 9.52. The highest BCUT2D eigenvalue weighted by Gasteiger charge is 2.57. The van der Waals surface area contributed by atoms with Gasteiger partial charge in [-0.1, -0.05) is 42.3 Å². The first-order valence-electron chi connectivity index (χ1n) is 15.2. The summed E-state index contributed by atoms with van der Waals surface area (Å²) in [6.45, 7) is 7.55. The Kier molecular flexibility index (Phi) is 7.60. The van der Waals surface area contributed by atoms with Crippen LogP contribution in [0.2, 0.25) is 0 Å². The fraction of sp³-hybridized carbons (Fsp3) is 0.697. The van der Waals surface area contributed by atoms with Crippen molar-refractivity contribution < 1.29 is 32.5 Å². The van der Waals surface area contributed by atoms with Gasteiger partial charge in [0.2, 0.25) is 0 Å². The van der Waals surface area contributed by atoms with Crippen molar-refractivity contribution in [1.82, 2.24) is 5.32 Å². The van der Waals surface area contributed by atoms with Crippen LogP contribution in [0.25, 0.3) is 0 Å². The predicted octanol–water partition coefficient (Wildman–Crippen LogP) is 6.18. The standard InChI is InChI=1S/C30H41NO4.C3HF3/c1-28-18-24(19-3-6-21(7-4-19)29(2)33-15-16-34-29)27-22-11-12-30(31-13-14-35-30)17-20(22)5-8-23(27)25(28)9-10-26(28)32;1-2-3(4,5)6/h3-4,6-7,20,23-26,31-32H,5,8-18H2,1-2H3;1H/t20?,23?,24-,25?,26+,28+,30?;/m1./s1. The highest BCUT2D eigenvalue weighted by atomic mass is 19.4. The Balaban J connectivity index is 0.000000458. The molecule has 5 nitrogen and oxygen atoms in total. The molecule has 5 fully saturated rings. The number of alkyl halides is 3. The van der Waals surface area contributed by atoms with Gasteiger partial charge in [0.1, 0.15) is 5.72 Å². The largest absolute Gasteiger partial charge is 0.457 e. The molecule has 2 aliphatic heterocycles. The summed E-state index contributed by atoms with van der Waals surface area (Å²) in [7, 11) is 0. The molecule has 0 aromatic heterocycles. The van der Waals surface area contributed by atoms with Crippen LogP contribution in [0.4, 0.5) is 13.2 Å². The van der Waals surface area contributed by atoms with Crippen molar-refractivity contribution >= 4 is 0 Å². The fourth-order valence-corrected chi connectivity index (χ4v) is 9.10. The van der Waals surface area contributed by atoms with Crippen LogP contribution in [0.1, 0.15) is 82.3 Å². The van der Waals surface area contributed by atoms with Crippen molar-refractivity contribution in [2.24, 2.45) is 23.2 Å². The van der Waals surface area contributed by atoms with Gasteiger partial charge in [0, 0.05) is 23.9 Å². The average Bonchev–Trinajstić information content (AvgIpc) is 3.68. The van der Waals surface area contributed by atoms with Gasteiger partial charge in [0.05, 0.1) is 25.9 Å². The molecule has 41 heavy (non-hydrogen) atoms. The SMILES string of the molecule is C#CC(F)(F)F.CC1(c2ccc([C@H]3C[C@@]4(C)C(CC[C@@H]4O)C4CCC5CC6(CCC5=C43)NCCO6)cc2)OCCO1. The summed E-state index contributed by atoms with van der Waals surface area (Å²) in [5.74, 6) is 2.24. The van der Waals surface area contributed by atoms with Crippen molar-refractivity contribution in [3.8, 4) is 12.3 Å². The second-order valence-electron chi connectivity index (χ2n) is 13.2. The Hall–Kier alpha value is -1.89. The van der Waals surface area contributed by atoms with Gasteiger partial charge in [-0.25, -0.2) is 0 Å². The van der Waals surface area contributed by atoms with E-state index in [4.69, 9.17) is 14.2 Å². The molecule has 4 aliphatic carbocycles. The molecule has 2 N–H and O–H groups in total. The number of hydrogen-bond donors (Lipinski definition) is 2. The first-order valence-corrected chi connectivity index (χ1v) is 15.2. The third kappa shape index (κ3) is 5.27. The topological polar surface area (TPSA) is 60.0 Å². The lowest BCUT2D eigenvalue weighted by Gasteiger charge is -2.54. The van der Waals surface area contributed by atoms with Crippen LogP contribution in [0.15, 0.2) is 35.4 Å². The quantitative estimate of drug-likeness (QED) is 0.327. The molecular weight excluding hydrogens is 531 g/mol. The zero-order valence-corrected chi connectivity index (χ0v) is 24.1. The minimum atomic E-state index is -4.43. The minimum absolute atomic E-state index is 0.0144. The number of terminal acetylenes is 1. The lowest BCUT2D eigenvalue weighted by molar-refractivity contribution is -0.149. The van der Waals surface area contributed by atoms with Gasteiger partial charge in [-0.3, -0.25) is 5.32 Å². The van der Waals surface area contributed by atoms with Crippen molar-refractivity contribution in [2.75, 3.05) is 26.4 Å². The van der Waals surface area contributed by atoms with E-state index in [1.165, 1.54) is 24.8 Å². The van der Waals surface area contributed by atoms with Gasteiger partial charge < -0.3 is 19.3 Å². The highest BCUT2D eigenvalue weighted by molar-refractivity contribution is 5.42. The zero-order valence-electron chi connectivity index (χ0n) is 24.1. The molecule has 1 spiro atoms. The smallest absolute Gasteiger partial charge is 0.393 e. The average molecular weight is 574 g/mol. The summed E-state index contributed by atoms with van der Waals surface area (Å²) in [6.07, 6.45) is 8.44. The maximum atomic E-state index is 11.2. The molecule has 4 unspecified atom stereocenters. The van der Waals surface area contributed by atoms with Crippen LogP contribution < -0.4 is 5.32 Å². The second-order valence-corrected chi connectivity index (χ2v) is 13.2. The molecule has 224 valence electrons. The molecule has 0 radical (unpaired) electrons. The number of aliphatic hydroxyl groups is 1. The lowest BCUT2D eigenvalue weighted by Crippen LogP contribution is -2.49. The number of ether oxygens (including phenoxy) is 3. The minimum Gasteiger partial charge on any atom is -0.393 e. The van der Waals surface area contributed by atoms with Crippen LogP contribution in [0, 0.1) is 35.5 Å². The van der Waals surface area contributed by atoms with E-state index in [0.717, 1.165) is 50.8 Å². The molecule has 2 heterocycles. The van der Waals surface area contributed by atoms with Gasteiger partial charge in [-0.05, 0) is 87.0 Å². The molecule has 1 aromatic carbocycles. The summed E-state index contributed by atoms with van der Waals surface area (Å²) in [4.78, 5) is 0. The van der Waals surface area contributed by atoms with Gasteiger partial charge in [0.15, 0.2) is 5.79 Å². The number of nitrogens with one attached hydrogen (secondary N) is 1. The first-order chi connectivity index (χ1) is 19.5. The Morgan fingerprint density at radius 3 is 2.32 bits per heavy atom. The van der Waals surface area contributed by atoms with E-state index in [-0.39, 0.29) is 17.2 Å². The fourth-order valence-electron chi connectivity index (χ4n) is 9.10. The van der Waals surface area contributed by atoms with E-state index < -0.39 is 12.0 Å². The normalized spacial score (nSPS) is 39.4. The molecule has 7 rings (SSSR count). The monoisotopic (exact) mass is 573 g/mol. The second kappa shape index (κ2) is 10.7. The van der Waals surface area contributed by atoms with Gasteiger partial charge in [-0.2, -0.15) is 13.2 Å². The van der Waals surface area contributed by atoms with Crippen LogP contribution in [0.5, 0.6) is 0 Å². The van der Waals surface area contributed by atoms with Crippen LogP contribution in [0.3, 0.4) is 0 Å². The molecular formula is C33H42F3NO4. The summed E-state index contributed by atoms with van der Waals surface area (Å²) >= 11 is 0. The van der Waals surface area contributed by atoms with E-state index >= 15 is 0 Å². The van der Waals surface area contributed by atoms with Crippen molar-refractivity contribution in [3.05, 3.63) is 46.5 Å². The van der Waals surface area contributed by atoms with Crippen molar-refractivity contribution in [3.63, 3.8) is 0 Å². The Morgan fingerprint density at radius 2 is 1.68 bits per heavy atom. The summed E-state index contributed by atoms with van der Waals surface area (Å²) < 4.78 is 49.7. The van der Waals surface area contributed by atoms with Crippen molar-refractivity contribution in [1.29, 1.82) is 0 Å². The maximum Gasteiger partial charge on any atom is 0.457 e. The molecule has 3 saturated carbocycles. The summed E-state index contributed by atoms with van der Waals surface area (Å²) in [5.41, 5.74) is 5.93. The number of hydrogen-bond acceptors (Lipinski definition) is 5. The van der Waals surface area contributed by atoms with Crippen LogP contribution in [-0.2, 0) is 20.0 Å². The molecule has 6 aliphatic rings. The zero-order chi connectivity index (χ0) is 29.0. The van der Waals surface area contributed by atoms with Gasteiger partial charge in [-0.15, -0.1) is 6.42 Å². The molecule has 7 atom stereocenters. The number of benzene rings is 1. The molecule has 2 saturated heterocycles. The Morgan fingerprint density at radius 1 is 0.976 bits per heavy atom. The number of allylic oxidation sites excluding steroid dienone is 2. The molecule has 0 amide bonds. The van der Waals surface area contributed by atoms with E-state index in [0.29, 0.717) is 42.8 Å². The number of fused-ring (bicyclic) bond motifs is 4. The number of aliphatic hydroxyl groups excluding tert-OH is 1. The number of rotatable bonds is 2. The Labute approximate surface area is 241 Å². The molecule has 1 aromatic rings. The third-order valence-corrected chi connectivity index (χ3v) is 11.1. The highest BCUT2D eigenvalue weighted by Crippen LogP contribution is 2.64. The van der Waals surface area contributed by atoms with Crippen LogP contribution >= 0.6 is 0 Å². The number of halogens is 3. The van der Waals surface area contributed by atoms with Gasteiger partial charge in [0.25, 0.3) is 0 Å². The first kappa shape index (κ1) is 29.2. The third-order valence-electron chi connectivity index (χ3n) is 11.1. The van der Waals surface area contributed by atoms with E-state index in [9.17, 15) is 18.3 Å². The van der Waals surface area contributed by atoms with E-state index in [1.807, 2.05) is 6.92 Å². The molecule has 8 heteroatoms. The summed E-state index contributed by atoms with van der Waals surface area (Å²) in [6, 6.07) is 9.07. The van der Waals surface area contributed by atoms with E-state index in [2.05, 4.69) is 42.9 Å².